The third-order valence-corrected chi connectivity index (χ3v) is 7.73. The van der Waals surface area contributed by atoms with Crippen LogP contribution < -0.4 is 14.8 Å². The van der Waals surface area contributed by atoms with Crippen LogP contribution >= 0.6 is 23.1 Å². The fourth-order valence-electron chi connectivity index (χ4n) is 3.79. The van der Waals surface area contributed by atoms with E-state index in [0.717, 1.165) is 27.3 Å². The van der Waals surface area contributed by atoms with E-state index in [4.69, 9.17) is 14.5 Å². The number of benzene rings is 1. The molecule has 0 bridgehead atoms. The molecule has 0 aliphatic heterocycles. The third kappa shape index (κ3) is 4.69. The van der Waals surface area contributed by atoms with Crippen LogP contribution in [0.3, 0.4) is 0 Å². The van der Waals surface area contributed by atoms with Gasteiger partial charge in [0.1, 0.15) is 10.7 Å². The summed E-state index contributed by atoms with van der Waals surface area (Å²) >= 11 is 3.07. The van der Waals surface area contributed by atoms with E-state index in [0.29, 0.717) is 29.6 Å². The van der Waals surface area contributed by atoms with Gasteiger partial charge < -0.3 is 14.8 Å². The molecule has 34 heavy (non-hydrogen) atoms. The van der Waals surface area contributed by atoms with E-state index in [1.165, 1.54) is 22.2 Å². The summed E-state index contributed by atoms with van der Waals surface area (Å²) in [5.74, 6) is 2.67. The molecule has 0 aliphatic carbocycles. The first kappa shape index (κ1) is 24.3. The molecule has 0 aliphatic rings. The Labute approximate surface area is 207 Å². The molecular weight excluding hydrogens is 470 g/mol. The van der Waals surface area contributed by atoms with Gasteiger partial charge in [-0.05, 0) is 43.5 Å². The number of nitrogens with zero attached hydrogens (tertiary/aromatic N) is 4. The lowest BCUT2D eigenvalue weighted by molar-refractivity contribution is -0.118. The Kier molecular flexibility index (Phi) is 7.27. The predicted molar refractivity (Wildman–Crippen MR) is 137 cm³/mol. The summed E-state index contributed by atoms with van der Waals surface area (Å²) in [5, 5.41) is 13.6. The summed E-state index contributed by atoms with van der Waals surface area (Å²) in [6.45, 7) is 8.94. The molecule has 4 aromatic rings. The summed E-state index contributed by atoms with van der Waals surface area (Å²) in [6, 6.07) is 5.77. The zero-order valence-electron chi connectivity index (χ0n) is 20.3. The highest BCUT2D eigenvalue weighted by Crippen LogP contribution is 2.34. The largest absolute Gasteiger partial charge is 0.493 e. The molecule has 8 nitrogen and oxygen atoms in total. The zero-order chi connectivity index (χ0) is 24.4. The number of hydrogen-bond donors (Lipinski definition) is 1. The van der Waals surface area contributed by atoms with E-state index in [1.807, 2.05) is 22.6 Å². The van der Waals surface area contributed by atoms with Gasteiger partial charge in [0.05, 0.1) is 25.4 Å². The molecule has 0 saturated heterocycles. The second-order valence-electron chi connectivity index (χ2n) is 8.31. The zero-order valence-corrected chi connectivity index (χ0v) is 21.9. The van der Waals surface area contributed by atoms with Crippen molar-refractivity contribution in [3.63, 3.8) is 0 Å². The van der Waals surface area contributed by atoms with E-state index >= 15 is 0 Å². The molecule has 10 heteroatoms. The molecule has 3 heterocycles. The number of methoxy groups -OCH3 is 2. The molecule has 0 unspecified atom stereocenters. The van der Waals surface area contributed by atoms with E-state index in [-0.39, 0.29) is 17.6 Å². The van der Waals surface area contributed by atoms with Crippen molar-refractivity contribution in [1.82, 2.24) is 24.9 Å². The fourth-order valence-corrected chi connectivity index (χ4v) is 5.59. The molecule has 1 amide bonds. The van der Waals surface area contributed by atoms with Crippen molar-refractivity contribution in [3.8, 4) is 11.5 Å². The topological polar surface area (TPSA) is 90.6 Å². The quantitative estimate of drug-likeness (QED) is 0.338. The second kappa shape index (κ2) is 10.2. The Hall–Kier alpha value is -2.85. The molecule has 1 aromatic carbocycles. The van der Waals surface area contributed by atoms with Crippen molar-refractivity contribution in [1.29, 1.82) is 0 Å². The van der Waals surface area contributed by atoms with Crippen LogP contribution in [0.25, 0.3) is 15.9 Å². The van der Waals surface area contributed by atoms with Gasteiger partial charge in [-0.3, -0.25) is 9.20 Å². The van der Waals surface area contributed by atoms with Crippen molar-refractivity contribution >= 4 is 44.9 Å². The summed E-state index contributed by atoms with van der Waals surface area (Å²) in [6.07, 6.45) is 0.695. The first-order valence-electron chi connectivity index (χ1n) is 11.1. The van der Waals surface area contributed by atoms with Crippen LogP contribution in [0.5, 0.6) is 11.5 Å². The first-order valence-corrected chi connectivity index (χ1v) is 12.9. The number of hydrogen-bond acceptors (Lipinski definition) is 8. The molecule has 0 radical (unpaired) electrons. The lowest BCUT2D eigenvalue weighted by atomic mass is 10.1. The number of carbonyl (C=O) groups is 1. The molecule has 180 valence electrons. The maximum atomic E-state index is 12.5. The number of rotatable bonds is 9. The lowest BCUT2D eigenvalue weighted by Gasteiger charge is -2.11. The van der Waals surface area contributed by atoms with Crippen molar-refractivity contribution in [2.45, 2.75) is 45.2 Å². The summed E-state index contributed by atoms with van der Waals surface area (Å²) in [5.41, 5.74) is 3.06. The molecule has 4 rings (SSSR count). The van der Waals surface area contributed by atoms with Gasteiger partial charge in [0.25, 0.3) is 0 Å². The molecule has 3 aromatic heterocycles. The fraction of sp³-hybridized carbons (Fsp3) is 0.417. The van der Waals surface area contributed by atoms with E-state index < -0.39 is 0 Å². The minimum atomic E-state index is -0.0510. The van der Waals surface area contributed by atoms with Gasteiger partial charge in [-0.1, -0.05) is 31.7 Å². The average molecular weight is 500 g/mol. The number of thiophene rings is 1. The van der Waals surface area contributed by atoms with Gasteiger partial charge in [-0.25, -0.2) is 4.98 Å². The Morgan fingerprint density at radius 2 is 1.94 bits per heavy atom. The van der Waals surface area contributed by atoms with Gasteiger partial charge in [0.15, 0.2) is 22.3 Å². The SMILES string of the molecule is COc1ccc(CCNC(=O)CSc2nnc3c4c(C)c(C)sc4nc(C(C)C)n23)cc1OC. The van der Waals surface area contributed by atoms with Crippen molar-refractivity contribution in [3.05, 3.63) is 40.0 Å². The highest BCUT2D eigenvalue weighted by atomic mass is 32.2. The monoisotopic (exact) mass is 499 g/mol. The van der Waals surface area contributed by atoms with Gasteiger partial charge in [0.2, 0.25) is 5.91 Å². The van der Waals surface area contributed by atoms with E-state index in [2.05, 4.69) is 43.2 Å². The van der Waals surface area contributed by atoms with Crippen LogP contribution in [0.4, 0.5) is 0 Å². The minimum Gasteiger partial charge on any atom is -0.493 e. The van der Waals surface area contributed by atoms with Crippen LogP contribution in [0.2, 0.25) is 0 Å². The van der Waals surface area contributed by atoms with E-state index in [9.17, 15) is 4.79 Å². The molecular formula is C24H29N5O3S2. The van der Waals surface area contributed by atoms with Crippen molar-refractivity contribution in [2.75, 3.05) is 26.5 Å². The van der Waals surface area contributed by atoms with Gasteiger partial charge >= 0.3 is 0 Å². The van der Waals surface area contributed by atoms with Crippen LogP contribution in [-0.2, 0) is 11.2 Å². The number of thioether (sulfide) groups is 1. The highest BCUT2D eigenvalue weighted by molar-refractivity contribution is 7.99. The Morgan fingerprint density at radius 1 is 1.18 bits per heavy atom. The minimum absolute atomic E-state index is 0.0510. The van der Waals surface area contributed by atoms with Crippen LogP contribution in [0.15, 0.2) is 23.4 Å². The molecule has 1 N–H and O–H groups in total. The molecule has 0 atom stereocenters. The number of aryl methyl sites for hydroxylation is 2. The number of amides is 1. The maximum absolute atomic E-state index is 12.5. The smallest absolute Gasteiger partial charge is 0.230 e. The van der Waals surface area contributed by atoms with Crippen molar-refractivity contribution < 1.29 is 14.3 Å². The normalized spacial score (nSPS) is 11.5. The molecule has 0 saturated carbocycles. The first-order chi connectivity index (χ1) is 16.3. The van der Waals surface area contributed by atoms with Gasteiger partial charge in [-0.15, -0.1) is 21.5 Å². The number of fused-ring (bicyclic) bond motifs is 3. The number of nitrogens with one attached hydrogen (secondary N) is 1. The Balaban J connectivity index is 1.44. The van der Waals surface area contributed by atoms with Crippen molar-refractivity contribution in [2.24, 2.45) is 0 Å². The number of carbonyl (C=O) groups excluding carboxylic acids is 1. The average Bonchev–Trinajstić information content (AvgIpc) is 3.37. The summed E-state index contributed by atoms with van der Waals surface area (Å²) in [7, 11) is 3.22. The summed E-state index contributed by atoms with van der Waals surface area (Å²) < 4.78 is 12.6. The van der Waals surface area contributed by atoms with Crippen LogP contribution in [0, 0.1) is 13.8 Å². The van der Waals surface area contributed by atoms with Gasteiger partial charge in [-0.2, -0.15) is 0 Å². The third-order valence-electron chi connectivity index (χ3n) is 5.70. The highest BCUT2D eigenvalue weighted by Gasteiger charge is 2.21. The van der Waals surface area contributed by atoms with Crippen LogP contribution in [0.1, 0.15) is 41.6 Å². The molecule has 0 fully saturated rings. The van der Waals surface area contributed by atoms with Crippen LogP contribution in [-0.4, -0.2) is 52.0 Å². The number of aromatic nitrogens is 4. The predicted octanol–water partition coefficient (Wildman–Crippen LogP) is 4.55. The Morgan fingerprint density at radius 3 is 2.65 bits per heavy atom. The maximum Gasteiger partial charge on any atom is 0.230 e. The van der Waals surface area contributed by atoms with Gasteiger partial charge in [0, 0.05) is 17.3 Å². The summed E-state index contributed by atoms with van der Waals surface area (Å²) in [4.78, 5) is 19.7. The lowest BCUT2D eigenvalue weighted by Crippen LogP contribution is -2.27. The number of ether oxygens (including phenoxy) is 2. The Bertz CT molecular complexity index is 1350. The molecule has 0 spiro atoms. The van der Waals surface area contributed by atoms with E-state index in [1.54, 1.807) is 25.6 Å². The standard InChI is InChI=1S/C24H29N5O3S2/c1-13(2)21-26-23-20(14(3)15(4)34-23)22-27-28-24(29(21)22)33-12-19(30)25-10-9-16-7-8-17(31-5)18(11-16)32-6/h7-8,11,13H,9-10,12H2,1-6H3,(H,25,30). The second-order valence-corrected chi connectivity index (χ2v) is 10.5.